The van der Waals surface area contributed by atoms with Crippen LogP contribution in [-0.2, 0) is 4.74 Å². The fraction of sp³-hybridized carbons (Fsp3) is 0.438. The number of nitrogens with zero attached hydrogens (tertiary/aromatic N) is 2. The van der Waals surface area contributed by atoms with Crippen molar-refractivity contribution >= 4 is 6.09 Å². The largest absolute Gasteiger partial charge is 0.443 e. The summed E-state index contributed by atoms with van der Waals surface area (Å²) in [6.45, 7) is 5.28. The van der Waals surface area contributed by atoms with Crippen LogP contribution in [0.4, 0.5) is 4.79 Å². The van der Waals surface area contributed by atoms with E-state index in [-0.39, 0.29) is 17.4 Å². The van der Waals surface area contributed by atoms with Crippen LogP contribution < -0.4 is 0 Å². The van der Waals surface area contributed by atoms with Gasteiger partial charge in [-0.25, -0.2) is 4.79 Å². The second kappa shape index (κ2) is 6.17. The highest BCUT2D eigenvalue weighted by Gasteiger charge is 2.38. The fourth-order valence-electron chi connectivity index (χ4n) is 2.36. The maximum Gasteiger partial charge on any atom is 0.414 e. The van der Waals surface area contributed by atoms with Crippen molar-refractivity contribution in [1.82, 2.24) is 4.90 Å². The van der Waals surface area contributed by atoms with E-state index < -0.39 is 17.7 Å². The molecule has 0 fully saturated rings. The average Bonchev–Trinajstić information content (AvgIpc) is 2.45. The predicted octanol–water partition coefficient (Wildman–Crippen LogP) is 3.18. The van der Waals surface area contributed by atoms with Gasteiger partial charge in [0, 0.05) is 11.1 Å². The Morgan fingerprint density at radius 2 is 1.95 bits per heavy atom. The van der Waals surface area contributed by atoms with Crippen molar-refractivity contribution in [3.8, 4) is 0 Å². The van der Waals surface area contributed by atoms with Crippen molar-refractivity contribution in [2.75, 3.05) is 6.54 Å². The minimum absolute atomic E-state index is 0.00201. The zero-order valence-corrected chi connectivity index (χ0v) is 12.9. The Kier molecular flexibility index (Phi) is 4.49. The smallest absolute Gasteiger partial charge is 0.414 e. The van der Waals surface area contributed by atoms with Gasteiger partial charge in [0.15, 0.2) is 0 Å². The van der Waals surface area contributed by atoms with Gasteiger partial charge in [0.2, 0.25) is 6.04 Å². The van der Waals surface area contributed by atoms with E-state index in [1.165, 1.54) is 4.90 Å². The first-order valence-corrected chi connectivity index (χ1v) is 7.14. The topological polar surface area (TPSA) is 72.7 Å². The van der Waals surface area contributed by atoms with Crippen LogP contribution in [0.2, 0.25) is 0 Å². The van der Waals surface area contributed by atoms with E-state index >= 15 is 0 Å². The molecule has 1 amide bonds. The van der Waals surface area contributed by atoms with Crippen molar-refractivity contribution in [3.63, 3.8) is 0 Å². The average molecular weight is 304 g/mol. The van der Waals surface area contributed by atoms with Gasteiger partial charge >= 0.3 is 6.09 Å². The molecule has 22 heavy (non-hydrogen) atoms. The monoisotopic (exact) mass is 304 g/mol. The number of carbonyl (C=O) groups excluding carboxylic acids is 1. The number of hydrogen-bond acceptors (Lipinski definition) is 4. The van der Waals surface area contributed by atoms with Crippen molar-refractivity contribution in [1.29, 1.82) is 0 Å². The Bertz CT molecular complexity index is 578. The first-order chi connectivity index (χ1) is 10.3. The number of benzene rings is 1. The highest BCUT2D eigenvalue weighted by molar-refractivity contribution is 5.69. The molecular formula is C16H20N2O4. The Balaban J connectivity index is 2.21. The SMILES string of the molecule is CC(C)(C)OC(=O)N1C=C[C@H](c2ccccc2)[C@H]([N+](=O)[O-])C1. The third-order valence-corrected chi connectivity index (χ3v) is 3.35. The van der Waals surface area contributed by atoms with E-state index in [2.05, 4.69) is 0 Å². The zero-order chi connectivity index (χ0) is 16.3. The molecule has 0 aromatic heterocycles. The lowest BCUT2D eigenvalue weighted by Gasteiger charge is -2.30. The number of rotatable bonds is 2. The van der Waals surface area contributed by atoms with Crippen LogP contribution in [0, 0.1) is 10.1 Å². The van der Waals surface area contributed by atoms with Gasteiger partial charge < -0.3 is 4.74 Å². The molecule has 0 aliphatic carbocycles. The molecule has 1 heterocycles. The third-order valence-electron chi connectivity index (χ3n) is 3.35. The summed E-state index contributed by atoms with van der Waals surface area (Å²) in [6.07, 6.45) is 2.70. The van der Waals surface area contributed by atoms with Gasteiger partial charge in [0.05, 0.1) is 12.5 Å². The highest BCUT2D eigenvalue weighted by Crippen LogP contribution is 2.28. The van der Waals surface area contributed by atoms with Crippen LogP contribution in [0.25, 0.3) is 0 Å². The summed E-state index contributed by atoms with van der Waals surface area (Å²) in [4.78, 5) is 24.4. The molecule has 0 spiro atoms. The Labute approximate surface area is 129 Å². The van der Waals surface area contributed by atoms with Gasteiger partial charge in [-0.2, -0.15) is 0 Å². The maximum atomic E-state index is 12.1. The lowest BCUT2D eigenvalue weighted by molar-refractivity contribution is -0.525. The summed E-state index contributed by atoms with van der Waals surface area (Å²) >= 11 is 0. The van der Waals surface area contributed by atoms with Crippen LogP contribution in [0.3, 0.4) is 0 Å². The Hall–Kier alpha value is -2.37. The first-order valence-electron chi connectivity index (χ1n) is 7.14. The summed E-state index contributed by atoms with van der Waals surface area (Å²) in [5.74, 6) is -0.352. The standard InChI is InChI=1S/C16H20N2O4/c1-16(2,3)22-15(19)17-10-9-13(14(11-17)18(20)21)12-7-5-4-6-8-12/h4-10,13-14H,11H2,1-3H3/t13-,14-/m1/s1. The molecule has 0 N–H and O–H groups in total. The number of carbonyl (C=O) groups is 1. The van der Waals surface area contributed by atoms with E-state index in [1.54, 1.807) is 33.0 Å². The molecule has 0 bridgehead atoms. The normalized spacial score (nSPS) is 21.5. The molecule has 6 heteroatoms. The van der Waals surface area contributed by atoms with E-state index in [0.717, 1.165) is 5.56 Å². The molecular weight excluding hydrogens is 284 g/mol. The van der Waals surface area contributed by atoms with Gasteiger partial charge in [0.25, 0.3) is 0 Å². The molecule has 6 nitrogen and oxygen atoms in total. The van der Waals surface area contributed by atoms with E-state index in [4.69, 9.17) is 4.74 Å². The lowest BCUT2D eigenvalue weighted by Crippen LogP contribution is -2.45. The van der Waals surface area contributed by atoms with Crippen molar-refractivity contribution in [2.24, 2.45) is 0 Å². The van der Waals surface area contributed by atoms with Crippen LogP contribution in [-0.4, -0.2) is 34.1 Å². The zero-order valence-electron chi connectivity index (χ0n) is 12.9. The molecule has 2 rings (SSSR count). The summed E-state index contributed by atoms with van der Waals surface area (Å²) in [5, 5.41) is 11.4. The lowest BCUT2D eigenvalue weighted by atomic mass is 9.89. The van der Waals surface area contributed by atoms with Gasteiger partial charge in [-0.15, -0.1) is 0 Å². The summed E-state index contributed by atoms with van der Waals surface area (Å²) in [7, 11) is 0. The summed E-state index contributed by atoms with van der Waals surface area (Å²) in [5.41, 5.74) is 0.231. The molecule has 1 aliphatic heterocycles. The molecule has 1 aromatic rings. The Morgan fingerprint density at radius 1 is 1.32 bits per heavy atom. The van der Waals surface area contributed by atoms with Gasteiger partial charge in [-0.3, -0.25) is 15.0 Å². The van der Waals surface area contributed by atoms with E-state index in [9.17, 15) is 14.9 Å². The Morgan fingerprint density at radius 3 is 2.50 bits per heavy atom. The van der Waals surface area contributed by atoms with Crippen LogP contribution in [0.1, 0.15) is 32.3 Å². The second-order valence-electron chi connectivity index (χ2n) is 6.26. The minimum Gasteiger partial charge on any atom is -0.443 e. The number of nitro groups is 1. The minimum atomic E-state index is -0.889. The van der Waals surface area contributed by atoms with Gasteiger partial charge in [-0.05, 0) is 26.3 Å². The molecule has 1 aromatic carbocycles. The summed E-state index contributed by atoms with van der Waals surface area (Å²) < 4.78 is 5.26. The van der Waals surface area contributed by atoms with Crippen LogP contribution >= 0.6 is 0 Å². The predicted molar refractivity (Wildman–Crippen MR) is 82.0 cm³/mol. The summed E-state index contributed by atoms with van der Waals surface area (Å²) in [6, 6.07) is 8.38. The molecule has 0 saturated heterocycles. The molecule has 0 saturated carbocycles. The molecule has 0 radical (unpaired) electrons. The van der Waals surface area contributed by atoms with Crippen LogP contribution in [0.15, 0.2) is 42.6 Å². The molecule has 0 unspecified atom stereocenters. The van der Waals surface area contributed by atoms with E-state index in [1.807, 2.05) is 30.3 Å². The molecule has 118 valence electrons. The number of ether oxygens (including phenoxy) is 1. The highest BCUT2D eigenvalue weighted by atomic mass is 16.6. The van der Waals surface area contributed by atoms with Gasteiger partial charge in [0.1, 0.15) is 5.60 Å². The quantitative estimate of drug-likeness (QED) is 0.621. The fourth-order valence-corrected chi connectivity index (χ4v) is 2.36. The van der Waals surface area contributed by atoms with E-state index in [0.29, 0.717) is 0 Å². The third kappa shape index (κ3) is 3.84. The van der Waals surface area contributed by atoms with Crippen LogP contribution in [0.5, 0.6) is 0 Å². The second-order valence-corrected chi connectivity index (χ2v) is 6.26. The number of amides is 1. The number of hydrogen-bond donors (Lipinski definition) is 0. The molecule has 1 aliphatic rings. The van der Waals surface area contributed by atoms with Crippen molar-refractivity contribution < 1.29 is 14.5 Å². The van der Waals surface area contributed by atoms with Gasteiger partial charge in [-0.1, -0.05) is 36.4 Å². The molecule has 2 atom stereocenters. The van der Waals surface area contributed by atoms with Crippen molar-refractivity contribution in [2.45, 2.75) is 38.3 Å². The first kappa shape index (κ1) is 16.0. The van der Waals surface area contributed by atoms with Crippen molar-refractivity contribution in [3.05, 3.63) is 58.3 Å². The maximum absolute atomic E-state index is 12.1.